The molecule has 0 bridgehead atoms. The Morgan fingerprint density at radius 1 is 1.28 bits per heavy atom. The molecular formula is C22H27N3O4. The predicted octanol–water partition coefficient (Wildman–Crippen LogP) is 2.80. The molecule has 1 aliphatic heterocycles. The molecule has 2 heterocycles. The van der Waals surface area contributed by atoms with Gasteiger partial charge in [0.2, 0.25) is 11.8 Å². The third-order valence-electron chi connectivity index (χ3n) is 4.95. The average molecular weight is 397 g/mol. The van der Waals surface area contributed by atoms with Crippen LogP contribution in [0.3, 0.4) is 0 Å². The second kappa shape index (κ2) is 9.91. The SMILES string of the molecule is CCOc1ncccc1C(=O)NC1CCC(=O)N(Cc2cccc(OC)c2)CC1. The molecule has 1 aromatic carbocycles. The Labute approximate surface area is 171 Å². The summed E-state index contributed by atoms with van der Waals surface area (Å²) in [5.41, 5.74) is 1.44. The van der Waals surface area contributed by atoms with Crippen molar-refractivity contribution in [3.05, 3.63) is 53.7 Å². The van der Waals surface area contributed by atoms with Crippen molar-refractivity contribution in [3.8, 4) is 11.6 Å². The van der Waals surface area contributed by atoms with Crippen LogP contribution >= 0.6 is 0 Å². The van der Waals surface area contributed by atoms with E-state index in [0.29, 0.717) is 50.4 Å². The molecular weight excluding hydrogens is 370 g/mol. The Balaban J connectivity index is 1.61. The van der Waals surface area contributed by atoms with Crippen molar-refractivity contribution in [1.29, 1.82) is 0 Å². The zero-order chi connectivity index (χ0) is 20.6. The van der Waals surface area contributed by atoms with Crippen LogP contribution in [0.2, 0.25) is 0 Å². The van der Waals surface area contributed by atoms with Crippen molar-refractivity contribution >= 4 is 11.8 Å². The third kappa shape index (κ3) is 5.47. The number of pyridine rings is 1. The summed E-state index contributed by atoms with van der Waals surface area (Å²) in [6.45, 7) is 3.42. The highest BCUT2D eigenvalue weighted by molar-refractivity contribution is 5.96. The van der Waals surface area contributed by atoms with E-state index < -0.39 is 0 Å². The van der Waals surface area contributed by atoms with Gasteiger partial charge in [-0.05, 0) is 49.6 Å². The van der Waals surface area contributed by atoms with Crippen molar-refractivity contribution in [3.63, 3.8) is 0 Å². The van der Waals surface area contributed by atoms with Gasteiger partial charge in [0, 0.05) is 31.7 Å². The molecule has 1 aliphatic rings. The number of hydrogen-bond acceptors (Lipinski definition) is 5. The van der Waals surface area contributed by atoms with Crippen molar-refractivity contribution in [2.75, 3.05) is 20.3 Å². The summed E-state index contributed by atoms with van der Waals surface area (Å²) in [7, 11) is 1.63. The first-order valence-corrected chi connectivity index (χ1v) is 9.90. The quantitative estimate of drug-likeness (QED) is 0.777. The lowest BCUT2D eigenvalue weighted by Gasteiger charge is -2.21. The molecule has 1 aromatic heterocycles. The maximum absolute atomic E-state index is 12.7. The number of rotatable bonds is 7. The first-order valence-electron chi connectivity index (χ1n) is 9.90. The van der Waals surface area contributed by atoms with Crippen LogP contribution in [-0.4, -0.2) is 48.0 Å². The van der Waals surface area contributed by atoms with Crippen LogP contribution in [0.1, 0.15) is 42.1 Å². The number of nitrogens with zero attached hydrogens (tertiary/aromatic N) is 2. The number of likely N-dealkylation sites (tertiary alicyclic amines) is 1. The van der Waals surface area contributed by atoms with Gasteiger partial charge in [0.1, 0.15) is 11.3 Å². The lowest BCUT2D eigenvalue weighted by atomic mass is 10.1. The van der Waals surface area contributed by atoms with Crippen molar-refractivity contribution in [2.45, 2.75) is 38.8 Å². The molecule has 0 spiro atoms. The standard InChI is InChI=1S/C22H27N3O4/c1-3-29-22-19(8-5-12-23-22)21(27)24-17-9-10-20(26)25(13-11-17)15-16-6-4-7-18(14-16)28-2/h4-8,12,14,17H,3,9-11,13,15H2,1-2H3,(H,24,27). The highest BCUT2D eigenvalue weighted by Crippen LogP contribution is 2.20. The summed E-state index contributed by atoms with van der Waals surface area (Å²) < 4.78 is 10.7. The Bertz CT molecular complexity index is 855. The Morgan fingerprint density at radius 3 is 2.93 bits per heavy atom. The highest BCUT2D eigenvalue weighted by Gasteiger charge is 2.25. The van der Waals surface area contributed by atoms with Crippen LogP contribution in [0.5, 0.6) is 11.6 Å². The molecule has 0 radical (unpaired) electrons. The van der Waals surface area contributed by atoms with Crippen LogP contribution in [-0.2, 0) is 11.3 Å². The van der Waals surface area contributed by atoms with E-state index in [1.54, 1.807) is 25.4 Å². The Hall–Kier alpha value is -3.09. The van der Waals surface area contributed by atoms with Gasteiger partial charge in [-0.3, -0.25) is 9.59 Å². The number of ether oxygens (including phenoxy) is 2. The summed E-state index contributed by atoms with van der Waals surface area (Å²) >= 11 is 0. The minimum atomic E-state index is -0.222. The lowest BCUT2D eigenvalue weighted by molar-refractivity contribution is -0.131. The van der Waals surface area contributed by atoms with E-state index in [-0.39, 0.29) is 17.9 Å². The van der Waals surface area contributed by atoms with Gasteiger partial charge in [-0.15, -0.1) is 0 Å². The second-order valence-corrected chi connectivity index (χ2v) is 6.95. The molecule has 1 fully saturated rings. The van der Waals surface area contributed by atoms with Crippen molar-refractivity contribution in [2.24, 2.45) is 0 Å². The van der Waals surface area contributed by atoms with E-state index in [1.807, 2.05) is 36.1 Å². The van der Waals surface area contributed by atoms with Crippen LogP contribution in [0.15, 0.2) is 42.6 Å². The Morgan fingerprint density at radius 2 is 2.14 bits per heavy atom. The first kappa shape index (κ1) is 20.6. The fourth-order valence-electron chi connectivity index (χ4n) is 3.42. The molecule has 3 rings (SSSR count). The van der Waals surface area contributed by atoms with E-state index in [9.17, 15) is 9.59 Å². The predicted molar refractivity (Wildman–Crippen MR) is 109 cm³/mol. The summed E-state index contributed by atoms with van der Waals surface area (Å²) in [5.74, 6) is 0.981. The van der Waals surface area contributed by atoms with E-state index >= 15 is 0 Å². The minimum absolute atomic E-state index is 0.0727. The normalized spacial score (nSPS) is 16.8. The van der Waals surface area contributed by atoms with E-state index in [2.05, 4.69) is 10.3 Å². The molecule has 2 aromatic rings. The zero-order valence-corrected chi connectivity index (χ0v) is 16.9. The maximum Gasteiger partial charge on any atom is 0.256 e. The molecule has 0 saturated carbocycles. The number of hydrogen-bond donors (Lipinski definition) is 1. The number of aromatic nitrogens is 1. The van der Waals surface area contributed by atoms with Gasteiger partial charge in [-0.25, -0.2) is 4.98 Å². The third-order valence-corrected chi connectivity index (χ3v) is 4.95. The molecule has 0 aliphatic carbocycles. The topological polar surface area (TPSA) is 80.8 Å². The fourth-order valence-corrected chi connectivity index (χ4v) is 3.42. The summed E-state index contributed by atoms with van der Waals surface area (Å²) in [6.07, 6.45) is 3.32. The van der Waals surface area contributed by atoms with Crippen LogP contribution in [0, 0.1) is 0 Å². The van der Waals surface area contributed by atoms with Gasteiger partial charge >= 0.3 is 0 Å². The van der Waals surface area contributed by atoms with Gasteiger partial charge in [-0.2, -0.15) is 0 Å². The lowest BCUT2D eigenvalue weighted by Crippen LogP contribution is -2.36. The zero-order valence-electron chi connectivity index (χ0n) is 16.9. The Kier molecular flexibility index (Phi) is 7.05. The van der Waals surface area contributed by atoms with Crippen LogP contribution in [0.25, 0.3) is 0 Å². The summed E-state index contributed by atoms with van der Waals surface area (Å²) in [5, 5.41) is 3.04. The number of carbonyl (C=O) groups excluding carboxylic acids is 2. The summed E-state index contributed by atoms with van der Waals surface area (Å²) in [4.78, 5) is 31.2. The molecule has 1 saturated heterocycles. The smallest absolute Gasteiger partial charge is 0.256 e. The molecule has 29 heavy (non-hydrogen) atoms. The number of methoxy groups -OCH3 is 1. The molecule has 7 heteroatoms. The van der Waals surface area contributed by atoms with Crippen molar-refractivity contribution in [1.82, 2.24) is 15.2 Å². The molecule has 1 unspecified atom stereocenters. The summed E-state index contributed by atoms with van der Waals surface area (Å²) in [6, 6.07) is 11.1. The second-order valence-electron chi connectivity index (χ2n) is 6.95. The van der Waals surface area contributed by atoms with Gasteiger partial charge in [-0.1, -0.05) is 12.1 Å². The van der Waals surface area contributed by atoms with E-state index in [4.69, 9.17) is 9.47 Å². The molecule has 2 amide bonds. The molecule has 1 N–H and O–H groups in total. The highest BCUT2D eigenvalue weighted by atomic mass is 16.5. The number of benzene rings is 1. The fraction of sp³-hybridized carbons (Fsp3) is 0.409. The van der Waals surface area contributed by atoms with Gasteiger partial charge in [0.05, 0.1) is 13.7 Å². The molecule has 1 atom stereocenters. The molecule has 154 valence electrons. The number of carbonyl (C=O) groups is 2. The monoisotopic (exact) mass is 397 g/mol. The van der Waals surface area contributed by atoms with Crippen molar-refractivity contribution < 1.29 is 19.1 Å². The maximum atomic E-state index is 12.7. The minimum Gasteiger partial charge on any atom is -0.497 e. The van der Waals surface area contributed by atoms with Crippen LogP contribution in [0.4, 0.5) is 0 Å². The van der Waals surface area contributed by atoms with E-state index in [0.717, 1.165) is 11.3 Å². The van der Waals surface area contributed by atoms with Crippen LogP contribution < -0.4 is 14.8 Å². The largest absolute Gasteiger partial charge is 0.497 e. The van der Waals surface area contributed by atoms with Gasteiger partial charge in [0.15, 0.2) is 0 Å². The number of nitrogens with one attached hydrogen (secondary N) is 1. The molecule has 7 nitrogen and oxygen atoms in total. The van der Waals surface area contributed by atoms with E-state index in [1.165, 1.54) is 0 Å². The van der Waals surface area contributed by atoms with Gasteiger partial charge < -0.3 is 19.7 Å². The van der Waals surface area contributed by atoms with Gasteiger partial charge in [0.25, 0.3) is 5.91 Å². The average Bonchev–Trinajstić information content (AvgIpc) is 2.91. The number of amides is 2. The first-order chi connectivity index (χ1) is 14.1.